The second-order valence-corrected chi connectivity index (χ2v) is 6.49. The third-order valence-electron chi connectivity index (χ3n) is 4.07. The normalized spacial score (nSPS) is 10.9. The molecule has 3 rings (SSSR count). The lowest BCUT2D eigenvalue weighted by atomic mass is 10.0. The highest BCUT2D eigenvalue weighted by molar-refractivity contribution is 5.88. The van der Waals surface area contributed by atoms with E-state index in [0.29, 0.717) is 23.9 Å². The van der Waals surface area contributed by atoms with Crippen LogP contribution < -0.4 is 4.74 Å². The molecule has 0 aliphatic rings. The number of hydrogen-bond donors (Lipinski definition) is 1. The molecule has 0 aliphatic carbocycles. The Bertz CT molecular complexity index is 932. The summed E-state index contributed by atoms with van der Waals surface area (Å²) < 4.78 is 7.51. The molecule has 0 atom stereocenters. The van der Waals surface area contributed by atoms with Crippen LogP contribution >= 0.6 is 0 Å². The molecule has 26 heavy (non-hydrogen) atoms. The SMILES string of the molecule is Cc1ccc(C(C)C)c(OCc2cn(-c3cccc(C(=O)O)c3)nn2)c1. The topological polar surface area (TPSA) is 77.2 Å². The quantitative estimate of drug-likeness (QED) is 0.727. The number of nitrogens with zero attached hydrogens (tertiary/aromatic N) is 3. The van der Waals surface area contributed by atoms with Crippen LogP contribution in [-0.4, -0.2) is 26.1 Å². The van der Waals surface area contributed by atoms with Gasteiger partial charge in [0.15, 0.2) is 0 Å². The summed E-state index contributed by atoms with van der Waals surface area (Å²) in [5, 5.41) is 17.3. The number of carboxylic acid groups (broad SMARTS) is 1. The summed E-state index contributed by atoms with van der Waals surface area (Å²) in [5.74, 6) is 0.235. The predicted octanol–water partition coefficient (Wildman–Crippen LogP) is 3.98. The first-order valence-electron chi connectivity index (χ1n) is 8.42. The van der Waals surface area contributed by atoms with Crippen LogP contribution in [0.4, 0.5) is 0 Å². The van der Waals surface area contributed by atoms with E-state index in [4.69, 9.17) is 9.84 Å². The van der Waals surface area contributed by atoms with Crippen molar-refractivity contribution in [2.75, 3.05) is 0 Å². The van der Waals surface area contributed by atoms with Crippen molar-refractivity contribution in [1.82, 2.24) is 15.0 Å². The number of carboxylic acids is 1. The Morgan fingerprint density at radius 2 is 2.04 bits per heavy atom. The van der Waals surface area contributed by atoms with Crippen LogP contribution in [0.25, 0.3) is 5.69 Å². The molecule has 0 saturated heterocycles. The number of ether oxygens (including phenoxy) is 1. The smallest absolute Gasteiger partial charge is 0.335 e. The fourth-order valence-electron chi connectivity index (χ4n) is 2.67. The summed E-state index contributed by atoms with van der Waals surface area (Å²) in [6.07, 6.45) is 1.74. The molecule has 0 spiro atoms. The highest BCUT2D eigenvalue weighted by Gasteiger charge is 2.11. The van der Waals surface area contributed by atoms with E-state index in [0.717, 1.165) is 16.9 Å². The molecule has 1 aromatic heterocycles. The molecular formula is C20H21N3O3. The number of carbonyl (C=O) groups is 1. The van der Waals surface area contributed by atoms with E-state index in [-0.39, 0.29) is 5.56 Å². The van der Waals surface area contributed by atoms with Crippen molar-refractivity contribution in [1.29, 1.82) is 0 Å². The van der Waals surface area contributed by atoms with Gasteiger partial charge in [0.2, 0.25) is 0 Å². The summed E-state index contributed by atoms with van der Waals surface area (Å²) in [6.45, 7) is 6.58. The minimum absolute atomic E-state index is 0.206. The lowest BCUT2D eigenvalue weighted by molar-refractivity contribution is 0.0697. The zero-order valence-electron chi connectivity index (χ0n) is 15.0. The molecule has 134 valence electrons. The van der Waals surface area contributed by atoms with E-state index < -0.39 is 5.97 Å². The first kappa shape index (κ1) is 17.7. The molecule has 1 N–H and O–H groups in total. The van der Waals surface area contributed by atoms with Gasteiger partial charge in [-0.1, -0.05) is 37.3 Å². The Hall–Kier alpha value is -3.15. The Balaban J connectivity index is 1.77. The molecule has 1 heterocycles. The van der Waals surface area contributed by atoms with Crippen molar-refractivity contribution in [3.8, 4) is 11.4 Å². The monoisotopic (exact) mass is 351 g/mol. The van der Waals surface area contributed by atoms with Crippen LogP contribution in [0, 0.1) is 6.92 Å². The highest BCUT2D eigenvalue weighted by atomic mass is 16.5. The average Bonchev–Trinajstić information content (AvgIpc) is 3.09. The van der Waals surface area contributed by atoms with Gasteiger partial charge in [0.05, 0.1) is 17.4 Å². The first-order valence-corrected chi connectivity index (χ1v) is 8.42. The van der Waals surface area contributed by atoms with Gasteiger partial charge < -0.3 is 9.84 Å². The molecule has 0 amide bonds. The largest absolute Gasteiger partial charge is 0.487 e. The number of benzene rings is 2. The van der Waals surface area contributed by atoms with Crippen LogP contribution in [0.2, 0.25) is 0 Å². The van der Waals surface area contributed by atoms with Gasteiger partial charge in [-0.05, 0) is 48.2 Å². The van der Waals surface area contributed by atoms with E-state index in [1.807, 2.05) is 13.0 Å². The molecule has 2 aromatic carbocycles. The second kappa shape index (κ2) is 7.39. The van der Waals surface area contributed by atoms with Crippen LogP contribution in [0.3, 0.4) is 0 Å². The molecule has 0 unspecified atom stereocenters. The fourth-order valence-corrected chi connectivity index (χ4v) is 2.67. The van der Waals surface area contributed by atoms with E-state index >= 15 is 0 Å². The molecule has 0 bridgehead atoms. The van der Waals surface area contributed by atoms with E-state index in [2.05, 4.69) is 36.3 Å². The summed E-state index contributed by atoms with van der Waals surface area (Å²) in [5.41, 5.74) is 3.80. The van der Waals surface area contributed by atoms with Gasteiger partial charge in [-0.2, -0.15) is 0 Å². The molecule has 0 radical (unpaired) electrons. The van der Waals surface area contributed by atoms with Gasteiger partial charge in [-0.3, -0.25) is 0 Å². The fraction of sp³-hybridized carbons (Fsp3) is 0.250. The highest BCUT2D eigenvalue weighted by Crippen LogP contribution is 2.28. The number of rotatable bonds is 6. The maximum atomic E-state index is 11.1. The Morgan fingerprint density at radius 1 is 1.23 bits per heavy atom. The van der Waals surface area contributed by atoms with Crippen molar-refractivity contribution >= 4 is 5.97 Å². The summed E-state index contributed by atoms with van der Waals surface area (Å²) in [7, 11) is 0. The molecule has 6 heteroatoms. The van der Waals surface area contributed by atoms with Crippen molar-refractivity contribution in [2.24, 2.45) is 0 Å². The van der Waals surface area contributed by atoms with Gasteiger partial charge in [-0.25, -0.2) is 9.48 Å². The second-order valence-electron chi connectivity index (χ2n) is 6.49. The van der Waals surface area contributed by atoms with Crippen LogP contribution in [-0.2, 0) is 6.61 Å². The molecule has 6 nitrogen and oxygen atoms in total. The minimum atomic E-state index is -0.976. The number of aryl methyl sites for hydroxylation is 1. The summed E-state index contributed by atoms with van der Waals surface area (Å²) in [6, 6.07) is 12.7. The van der Waals surface area contributed by atoms with Crippen molar-refractivity contribution in [2.45, 2.75) is 33.3 Å². The molecule has 0 aliphatic heterocycles. The lowest BCUT2D eigenvalue weighted by Crippen LogP contribution is -2.01. The third kappa shape index (κ3) is 3.91. The molecule has 3 aromatic rings. The van der Waals surface area contributed by atoms with Crippen LogP contribution in [0.1, 0.15) is 46.9 Å². The van der Waals surface area contributed by atoms with Gasteiger partial charge >= 0.3 is 5.97 Å². The summed E-state index contributed by atoms with van der Waals surface area (Å²) >= 11 is 0. The molecule has 0 saturated carbocycles. The van der Waals surface area contributed by atoms with E-state index in [9.17, 15) is 4.79 Å². The summed E-state index contributed by atoms with van der Waals surface area (Å²) in [4.78, 5) is 11.1. The van der Waals surface area contributed by atoms with Crippen molar-refractivity contribution < 1.29 is 14.6 Å². The van der Waals surface area contributed by atoms with Crippen LogP contribution in [0.15, 0.2) is 48.7 Å². The maximum absolute atomic E-state index is 11.1. The van der Waals surface area contributed by atoms with Gasteiger partial charge in [0.25, 0.3) is 0 Å². The first-order chi connectivity index (χ1) is 12.4. The molecule has 0 fully saturated rings. The average molecular weight is 351 g/mol. The van der Waals surface area contributed by atoms with Crippen molar-refractivity contribution in [3.63, 3.8) is 0 Å². The zero-order valence-corrected chi connectivity index (χ0v) is 15.0. The molecular weight excluding hydrogens is 330 g/mol. The minimum Gasteiger partial charge on any atom is -0.487 e. The van der Waals surface area contributed by atoms with Gasteiger partial charge in [-0.15, -0.1) is 5.10 Å². The zero-order chi connectivity index (χ0) is 18.7. The standard InChI is InChI=1S/C20H21N3O3/c1-13(2)18-8-7-14(3)9-19(18)26-12-16-11-23(22-21-16)17-6-4-5-15(10-17)20(24)25/h4-11,13H,12H2,1-3H3,(H,24,25). The predicted molar refractivity (Wildman–Crippen MR) is 97.9 cm³/mol. The van der Waals surface area contributed by atoms with Crippen molar-refractivity contribution in [3.05, 3.63) is 71.0 Å². The van der Waals surface area contributed by atoms with E-state index in [1.54, 1.807) is 29.1 Å². The third-order valence-corrected chi connectivity index (χ3v) is 4.07. The lowest BCUT2D eigenvalue weighted by Gasteiger charge is -2.14. The number of aromatic nitrogens is 3. The Kier molecular flexibility index (Phi) is 5.02. The van der Waals surface area contributed by atoms with E-state index in [1.165, 1.54) is 6.07 Å². The van der Waals surface area contributed by atoms with Crippen LogP contribution in [0.5, 0.6) is 5.75 Å². The Morgan fingerprint density at radius 3 is 2.77 bits per heavy atom. The number of aromatic carboxylic acids is 1. The maximum Gasteiger partial charge on any atom is 0.335 e. The Labute approximate surface area is 152 Å². The van der Waals surface area contributed by atoms with Gasteiger partial charge in [0.1, 0.15) is 18.1 Å². The number of hydrogen-bond acceptors (Lipinski definition) is 4. The van der Waals surface area contributed by atoms with Gasteiger partial charge in [0, 0.05) is 0 Å².